The van der Waals surface area contributed by atoms with Crippen molar-refractivity contribution in [2.45, 2.75) is 44.8 Å². The first-order chi connectivity index (χ1) is 14.7. The molecule has 1 heterocycles. The van der Waals surface area contributed by atoms with Crippen LogP contribution in [-0.2, 0) is 14.3 Å². The molecule has 9 heteroatoms. The van der Waals surface area contributed by atoms with E-state index in [2.05, 4.69) is 0 Å². The SMILES string of the molecule is CCC(=O)OC1=C(F)C(=C(C(=O)C(F)(F)F)c2ccc(C#N)cc2)C=CN1C1CCC1. The summed E-state index contributed by atoms with van der Waals surface area (Å²) in [6, 6.07) is 6.41. The van der Waals surface area contributed by atoms with Crippen molar-refractivity contribution in [1.82, 2.24) is 4.90 Å². The summed E-state index contributed by atoms with van der Waals surface area (Å²) >= 11 is 0. The summed E-state index contributed by atoms with van der Waals surface area (Å²) < 4.78 is 60.6. The van der Waals surface area contributed by atoms with Gasteiger partial charge in [-0.1, -0.05) is 19.1 Å². The fourth-order valence-corrected chi connectivity index (χ4v) is 3.21. The van der Waals surface area contributed by atoms with Crippen LogP contribution in [0.1, 0.15) is 43.7 Å². The quantitative estimate of drug-likeness (QED) is 0.374. The van der Waals surface area contributed by atoms with Crippen LogP contribution in [0.5, 0.6) is 0 Å². The molecular formula is C22H18F4N2O3. The molecule has 0 unspecified atom stereocenters. The van der Waals surface area contributed by atoms with Gasteiger partial charge >= 0.3 is 12.1 Å². The number of allylic oxidation sites excluding steroid dienone is 4. The Balaban J connectivity index is 2.20. The second-order valence-electron chi connectivity index (χ2n) is 7.06. The van der Waals surface area contributed by atoms with Crippen LogP contribution in [0.2, 0.25) is 0 Å². The molecule has 0 N–H and O–H groups in total. The number of carbonyl (C=O) groups excluding carboxylic acids is 2. The Morgan fingerprint density at radius 2 is 1.87 bits per heavy atom. The Kier molecular flexibility index (Phi) is 6.29. The van der Waals surface area contributed by atoms with Gasteiger partial charge in [0, 0.05) is 29.8 Å². The molecule has 0 radical (unpaired) electrons. The number of ketones is 1. The van der Waals surface area contributed by atoms with Crippen LogP contribution in [0.15, 0.2) is 53.8 Å². The van der Waals surface area contributed by atoms with Crippen LogP contribution in [0, 0.1) is 11.3 Å². The Hall–Kier alpha value is -3.41. The number of rotatable bonds is 5. The average Bonchev–Trinajstić information content (AvgIpc) is 2.70. The number of benzene rings is 1. The third-order valence-electron chi connectivity index (χ3n) is 5.08. The molecule has 0 aromatic heterocycles. The maximum Gasteiger partial charge on any atom is 0.454 e. The minimum atomic E-state index is -5.27. The van der Waals surface area contributed by atoms with E-state index in [9.17, 15) is 22.8 Å². The molecule has 162 valence electrons. The predicted octanol–water partition coefficient (Wildman–Crippen LogP) is 4.92. The largest absolute Gasteiger partial charge is 0.454 e. The number of Topliss-reactive ketones (excluding diaryl/α,β-unsaturated/α-hetero) is 1. The zero-order valence-corrected chi connectivity index (χ0v) is 16.5. The number of halogens is 4. The van der Waals surface area contributed by atoms with Crippen molar-refractivity contribution in [2.24, 2.45) is 0 Å². The monoisotopic (exact) mass is 434 g/mol. The zero-order chi connectivity index (χ0) is 22.8. The molecule has 1 fully saturated rings. The number of nitriles is 1. The van der Waals surface area contributed by atoms with E-state index in [-0.39, 0.29) is 23.6 Å². The van der Waals surface area contributed by atoms with E-state index in [1.165, 1.54) is 30.2 Å². The van der Waals surface area contributed by atoms with E-state index in [1.54, 1.807) is 0 Å². The van der Waals surface area contributed by atoms with Crippen molar-refractivity contribution in [3.05, 3.63) is 65.0 Å². The molecule has 0 bridgehead atoms. The number of alkyl halides is 3. The highest BCUT2D eigenvalue weighted by Gasteiger charge is 2.44. The number of nitrogens with zero attached hydrogens (tertiary/aromatic N) is 2. The highest BCUT2D eigenvalue weighted by Crippen LogP contribution is 2.39. The molecule has 1 aromatic carbocycles. The molecule has 1 saturated carbocycles. The summed E-state index contributed by atoms with van der Waals surface area (Å²) in [6.45, 7) is 1.50. The Bertz CT molecular complexity index is 1030. The van der Waals surface area contributed by atoms with E-state index in [0.717, 1.165) is 24.6 Å². The lowest BCUT2D eigenvalue weighted by molar-refractivity contribution is -0.164. The summed E-state index contributed by atoms with van der Waals surface area (Å²) in [5.41, 5.74) is -1.61. The predicted molar refractivity (Wildman–Crippen MR) is 102 cm³/mol. The molecule has 0 saturated heterocycles. The smallest absolute Gasteiger partial charge is 0.406 e. The number of esters is 1. The van der Waals surface area contributed by atoms with E-state index in [0.29, 0.717) is 12.8 Å². The normalized spacial score (nSPS) is 18.4. The van der Waals surface area contributed by atoms with Crippen molar-refractivity contribution < 1.29 is 31.9 Å². The van der Waals surface area contributed by atoms with Gasteiger partial charge in [-0.2, -0.15) is 18.4 Å². The molecular weight excluding hydrogens is 416 g/mol. The van der Waals surface area contributed by atoms with Gasteiger partial charge < -0.3 is 9.64 Å². The van der Waals surface area contributed by atoms with Gasteiger partial charge in [-0.25, -0.2) is 4.39 Å². The fraction of sp³-hybridized carbons (Fsp3) is 0.318. The van der Waals surface area contributed by atoms with E-state index >= 15 is 4.39 Å². The summed E-state index contributed by atoms with van der Waals surface area (Å²) in [5.74, 6) is -4.75. The Morgan fingerprint density at radius 3 is 2.35 bits per heavy atom. The molecule has 0 atom stereocenters. The molecule has 1 aliphatic carbocycles. The molecule has 5 nitrogen and oxygen atoms in total. The lowest BCUT2D eigenvalue weighted by atomic mass is 9.89. The number of carbonyl (C=O) groups is 2. The highest BCUT2D eigenvalue weighted by atomic mass is 19.4. The lowest BCUT2D eigenvalue weighted by Gasteiger charge is -2.38. The second kappa shape index (κ2) is 8.76. The topological polar surface area (TPSA) is 70.4 Å². The van der Waals surface area contributed by atoms with Gasteiger partial charge in [0.05, 0.1) is 11.6 Å². The van der Waals surface area contributed by atoms with E-state index in [1.807, 2.05) is 6.07 Å². The van der Waals surface area contributed by atoms with Gasteiger partial charge in [-0.3, -0.25) is 9.59 Å². The first-order valence-electron chi connectivity index (χ1n) is 9.61. The van der Waals surface area contributed by atoms with Gasteiger partial charge in [0.2, 0.25) is 5.88 Å². The number of hydrogen-bond donors (Lipinski definition) is 0. The van der Waals surface area contributed by atoms with Crippen LogP contribution in [0.25, 0.3) is 5.57 Å². The van der Waals surface area contributed by atoms with E-state index in [4.69, 9.17) is 10.00 Å². The third kappa shape index (κ3) is 4.53. The zero-order valence-electron chi connectivity index (χ0n) is 16.5. The molecule has 31 heavy (non-hydrogen) atoms. The summed E-state index contributed by atoms with van der Waals surface area (Å²) in [5, 5.41) is 8.91. The van der Waals surface area contributed by atoms with Crippen LogP contribution in [-0.4, -0.2) is 28.9 Å². The standard InChI is InChI=1S/C22H18F4N2O3/c1-2-17(29)31-21-19(23)16(10-11-28(21)15-4-3-5-15)18(20(30)22(24,25)26)14-8-6-13(12-27)7-9-14/h6-11,15H,2-5H2,1H3. The third-order valence-corrected chi connectivity index (χ3v) is 5.08. The molecule has 1 aliphatic heterocycles. The minimum Gasteiger partial charge on any atom is -0.406 e. The second-order valence-corrected chi connectivity index (χ2v) is 7.06. The van der Waals surface area contributed by atoms with E-state index < -0.39 is 40.8 Å². The Labute approximate surface area is 175 Å². The van der Waals surface area contributed by atoms with Crippen LogP contribution < -0.4 is 0 Å². The van der Waals surface area contributed by atoms with Crippen molar-refractivity contribution >= 4 is 17.3 Å². The summed E-state index contributed by atoms with van der Waals surface area (Å²) in [4.78, 5) is 25.5. The van der Waals surface area contributed by atoms with Crippen molar-refractivity contribution in [1.29, 1.82) is 5.26 Å². The van der Waals surface area contributed by atoms with Crippen molar-refractivity contribution in [3.8, 4) is 6.07 Å². The molecule has 1 aromatic rings. The van der Waals surface area contributed by atoms with Gasteiger partial charge in [0.15, 0.2) is 5.83 Å². The van der Waals surface area contributed by atoms with Gasteiger partial charge in [-0.05, 0) is 43.0 Å². The number of ether oxygens (including phenoxy) is 1. The average molecular weight is 434 g/mol. The van der Waals surface area contributed by atoms with Crippen molar-refractivity contribution in [2.75, 3.05) is 0 Å². The maximum atomic E-state index is 15.5. The fourth-order valence-electron chi connectivity index (χ4n) is 3.21. The van der Waals surface area contributed by atoms with Gasteiger partial charge in [0.25, 0.3) is 5.78 Å². The first kappa shape index (κ1) is 22.3. The van der Waals surface area contributed by atoms with Crippen LogP contribution >= 0.6 is 0 Å². The summed E-state index contributed by atoms with van der Waals surface area (Å²) in [6.07, 6.45) is -0.640. The maximum absolute atomic E-state index is 15.5. The Morgan fingerprint density at radius 1 is 1.23 bits per heavy atom. The molecule has 0 amide bonds. The van der Waals surface area contributed by atoms with Crippen LogP contribution in [0.4, 0.5) is 17.6 Å². The van der Waals surface area contributed by atoms with Crippen molar-refractivity contribution in [3.63, 3.8) is 0 Å². The van der Waals surface area contributed by atoms with Gasteiger partial charge in [0.1, 0.15) is 0 Å². The first-order valence-corrected chi connectivity index (χ1v) is 9.61. The molecule has 0 spiro atoms. The van der Waals surface area contributed by atoms with Gasteiger partial charge in [-0.15, -0.1) is 0 Å². The van der Waals surface area contributed by atoms with Crippen LogP contribution in [0.3, 0.4) is 0 Å². The molecule has 2 aliphatic rings. The molecule has 3 rings (SSSR count). The number of hydrogen-bond acceptors (Lipinski definition) is 5. The summed E-state index contributed by atoms with van der Waals surface area (Å²) in [7, 11) is 0. The minimum absolute atomic E-state index is 0.0675. The lowest BCUT2D eigenvalue weighted by Crippen LogP contribution is -2.39. The highest BCUT2D eigenvalue weighted by molar-refractivity contribution is 6.25.